The minimum absolute atomic E-state index is 0.0331. The Labute approximate surface area is 117 Å². The van der Waals surface area contributed by atoms with Crippen LogP contribution >= 0.6 is 23.4 Å². The monoisotopic (exact) mass is 278 g/mol. The highest BCUT2D eigenvalue weighted by molar-refractivity contribution is 8.00. The number of pyridine rings is 1. The molecular weight excluding hydrogens is 264 g/mol. The highest BCUT2D eigenvalue weighted by Crippen LogP contribution is 2.32. The minimum Gasteiger partial charge on any atom is -0.323 e. The molecule has 18 heavy (non-hydrogen) atoms. The van der Waals surface area contributed by atoms with Crippen LogP contribution in [-0.4, -0.2) is 10.2 Å². The van der Waals surface area contributed by atoms with E-state index in [2.05, 4.69) is 11.9 Å². The number of aromatic nitrogens is 1. The standard InChI is InChI=1S/C14H15ClN2S/c1-10(13(16)11-6-3-2-4-7-11)18-14-12(15)8-5-9-17-14/h2-10,13H,16H2,1H3. The molecule has 2 nitrogen and oxygen atoms in total. The van der Waals surface area contributed by atoms with Gasteiger partial charge in [-0.1, -0.05) is 60.6 Å². The molecule has 0 aliphatic carbocycles. The van der Waals surface area contributed by atoms with Gasteiger partial charge in [0, 0.05) is 17.5 Å². The predicted molar refractivity (Wildman–Crippen MR) is 77.9 cm³/mol. The van der Waals surface area contributed by atoms with Crippen molar-refractivity contribution in [1.82, 2.24) is 4.98 Å². The molecule has 2 N–H and O–H groups in total. The van der Waals surface area contributed by atoms with E-state index < -0.39 is 0 Å². The van der Waals surface area contributed by atoms with Crippen LogP contribution < -0.4 is 5.73 Å². The first-order chi connectivity index (χ1) is 8.68. The van der Waals surface area contributed by atoms with Gasteiger partial charge in [0.05, 0.1) is 5.02 Å². The van der Waals surface area contributed by atoms with Crippen LogP contribution in [0.25, 0.3) is 0 Å². The summed E-state index contributed by atoms with van der Waals surface area (Å²) in [6, 6.07) is 13.7. The molecule has 0 saturated heterocycles. The minimum atomic E-state index is -0.0331. The molecular formula is C14H15ClN2S. The second kappa shape index (κ2) is 6.23. The highest BCUT2D eigenvalue weighted by Gasteiger charge is 2.17. The van der Waals surface area contributed by atoms with Gasteiger partial charge in [0.1, 0.15) is 5.03 Å². The lowest BCUT2D eigenvalue weighted by molar-refractivity contribution is 0.714. The second-order valence-corrected chi connectivity index (χ2v) is 5.82. The maximum atomic E-state index is 6.24. The average Bonchev–Trinajstić information content (AvgIpc) is 2.41. The number of hydrogen-bond acceptors (Lipinski definition) is 3. The summed E-state index contributed by atoms with van der Waals surface area (Å²) in [5.74, 6) is 0. The SMILES string of the molecule is CC(Sc1ncccc1Cl)C(N)c1ccccc1. The number of nitrogens with two attached hydrogens (primary N) is 1. The van der Waals surface area contributed by atoms with Crippen molar-refractivity contribution in [2.75, 3.05) is 0 Å². The third-order valence-corrected chi connectivity index (χ3v) is 4.34. The van der Waals surface area contributed by atoms with Gasteiger partial charge >= 0.3 is 0 Å². The molecule has 1 heterocycles. The van der Waals surface area contributed by atoms with Gasteiger partial charge in [-0.15, -0.1) is 0 Å². The van der Waals surface area contributed by atoms with Gasteiger partial charge < -0.3 is 5.73 Å². The van der Waals surface area contributed by atoms with Gasteiger partial charge in [0.15, 0.2) is 0 Å². The molecule has 0 aliphatic rings. The summed E-state index contributed by atoms with van der Waals surface area (Å²) in [6.07, 6.45) is 1.75. The zero-order valence-electron chi connectivity index (χ0n) is 10.1. The van der Waals surface area contributed by atoms with Gasteiger partial charge in [0.25, 0.3) is 0 Å². The Balaban J connectivity index is 2.09. The fraction of sp³-hybridized carbons (Fsp3) is 0.214. The number of nitrogens with zero attached hydrogens (tertiary/aromatic N) is 1. The molecule has 2 aromatic rings. The van der Waals surface area contributed by atoms with E-state index >= 15 is 0 Å². The molecule has 4 heteroatoms. The Morgan fingerprint density at radius 1 is 1.17 bits per heavy atom. The molecule has 2 rings (SSSR count). The van der Waals surface area contributed by atoms with Crippen molar-refractivity contribution >= 4 is 23.4 Å². The summed E-state index contributed by atoms with van der Waals surface area (Å²) in [5.41, 5.74) is 7.37. The molecule has 0 saturated carbocycles. The van der Waals surface area contributed by atoms with Crippen LogP contribution in [0.3, 0.4) is 0 Å². The first-order valence-corrected chi connectivity index (χ1v) is 7.02. The van der Waals surface area contributed by atoms with Crippen LogP contribution in [0.15, 0.2) is 53.7 Å². The van der Waals surface area contributed by atoms with Gasteiger partial charge in [-0.25, -0.2) is 4.98 Å². The molecule has 2 atom stereocenters. The number of halogens is 1. The Hall–Kier alpha value is -1.03. The zero-order chi connectivity index (χ0) is 13.0. The van der Waals surface area contributed by atoms with E-state index in [1.54, 1.807) is 18.0 Å². The van der Waals surface area contributed by atoms with E-state index in [9.17, 15) is 0 Å². The third-order valence-electron chi connectivity index (χ3n) is 2.71. The van der Waals surface area contributed by atoms with Crippen molar-refractivity contribution in [3.05, 3.63) is 59.2 Å². The second-order valence-electron chi connectivity index (χ2n) is 4.05. The lowest BCUT2D eigenvalue weighted by Gasteiger charge is -2.19. The summed E-state index contributed by atoms with van der Waals surface area (Å²) in [4.78, 5) is 4.27. The topological polar surface area (TPSA) is 38.9 Å². The zero-order valence-corrected chi connectivity index (χ0v) is 11.7. The summed E-state index contributed by atoms with van der Waals surface area (Å²) in [6.45, 7) is 2.09. The van der Waals surface area contributed by atoms with E-state index in [-0.39, 0.29) is 11.3 Å². The summed E-state index contributed by atoms with van der Waals surface area (Å²) >= 11 is 7.70. The fourth-order valence-corrected chi connectivity index (χ4v) is 2.87. The molecule has 1 aromatic carbocycles. The van der Waals surface area contributed by atoms with E-state index in [1.165, 1.54) is 0 Å². The molecule has 0 radical (unpaired) electrons. The van der Waals surface area contributed by atoms with Crippen molar-refractivity contribution in [2.45, 2.75) is 23.2 Å². The molecule has 0 fully saturated rings. The van der Waals surface area contributed by atoms with Crippen LogP contribution in [-0.2, 0) is 0 Å². The number of hydrogen-bond donors (Lipinski definition) is 1. The molecule has 0 bridgehead atoms. The van der Waals surface area contributed by atoms with Gasteiger partial charge in [-0.3, -0.25) is 0 Å². The van der Waals surface area contributed by atoms with Crippen molar-refractivity contribution in [2.24, 2.45) is 5.73 Å². The quantitative estimate of drug-likeness (QED) is 0.862. The molecule has 0 aliphatic heterocycles. The van der Waals surface area contributed by atoms with Crippen LogP contribution in [0, 0.1) is 0 Å². The molecule has 1 aromatic heterocycles. The Kier molecular flexibility index (Phi) is 4.64. The average molecular weight is 279 g/mol. The predicted octanol–water partition coefficient (Wildman–Crippen LogP) is 3.92. The van der Waals surface area contributed by atoms with E-state index in [0.717, 1.165) is 10.6 Å². The van der Waals surface area contributed by atoms with Crippen LogP contribution in [0.1, 0.15) is 18.5 Å². The van der Waals surface area contributed by atoms with Crippen LogP contribution in [0.4, 0.5) is 0 Å². The number of thioether (sulfide) groups is 1. The van der Waals surface area contributed by atoms with Crippen molar-refractivity contribution in [1.29, 1.82) is 0 Å². The van der Waals surface area contributed by atoms with Crippen LogP contribution in [0.5, 0.6) is 0 Å². The first-order valence-electron chi connectivity index (χ1n) is 5.76. The lowest BCUT2D eigenvalue weighted by Crippen LogP contribution is -2.21. The number of benzene rings is 1. The van der Waals surface area contributed by atoms with Gasteiger partial charge in [0.2, 0.25) is 0 Å². The summed E-state index contributed by atoms with van der Waals surface area (Å²) in [5, 5.41) is 1.72. The molecule has 0 amide bonds. The maximum Gasteiger partial charge on any atom is 0.115 e. The Morgan fingerprint density at radius 3 is 2.56 bits per heavy atom. The Morgan fingerprint density at radius 2 is 1.89 bits per heavy atom. The van der Waals surface area contributed by atoms with E-state index in [0.29, 0.717) is 5.02 Å². The van der Waals surface area contributed by atoms with Crippen LogP contribution in [0.2, 0.25) is 5.02 Å². The molecule has 0 spiro atoms. The van der Waals surface area contributed by atoms with Crippen molar-refractivity contribution in [3.8, 4) is 0 Å². The van der Waals surface area contributed by atoms with E-state index in [4.69, 9.17) is 17.3 Å². The van der Waals surface area contributed by atoms with Crippen molar-refractivity contribution < 1.29 is 0 Å². The highest BCUT2D eigenvalue weighted by atomic mass is 35.5. The van der Waals surface area contributed by atoms with Crippen molar-refractivity contribution in [3.63, 3.8) is 0 Å². The van der Waals surface area contributed by atoms with Gasteiger partial charge in [-0.05, 0) is 17.7 Å². The largest absolute Gasteiger partial charge is 0.323 e. The fourth-order valence-electron chi connectivity index (χ4n) is 1.65. The lowest BCUT2D eigenvalue weighted by atomic mass is 10.1. The normalized spacial score (nSPS) is 14.2. The third kappa shape index (κ3) is 3.25. The smallest absolute Gasteiger partial charge is 0.115 e. The number of rotatable bonds is 4. The van der Waals surface area contributed by atoms with Gasteiger partial charge in [-0.2, -0.15) is 0 Å². The first kappa shape index (κ1) is 13.4. The maximum absolute atomic E-state index is 6.24. The molecule has 94 valence electrons. The molecule has 2 unspecified atom stereocenters. The van der Waals surface area contributed by atoms with E-state index in [1.807, 2.05) is 42.5 Å². The summed E-state index contributed by atoms with van der Waals surface area (Å²) in [7, 11) is 0. The Bertz CT molecular complexity index is 504. The summed E-state index contributed by atoms with van der Waals surface area (Å²) < 4.78 is 0.